The van der Waals surface area contributed by atoms with Gasteiger partial charge in [0.1, 0.15) is 5.75 Å². The molecule has 28 heavy (non-hydrogen) atoms. The van der Waals surface area contributed by atoms with Crippen molar-refractivity contribution in [2.75, 3.05) is 18.7 Å². The zero-order chi connectivity index (χ0) is 19.5. The van der Waals surface area contributed by atoms with Crippen molar-refractivity contribution in [3.05, 3.63) is 89.5 Å². The molecule has 6 heteroatoms. The average molecular weight is 382 g/mol. The Morgan fingerprint density at radius 3 is 2.50 bits per heavy atom. The molecule has 1 aliphatic rings. The number of nitrogens with zero attached hydrogens (tertiary/aromatic N) is 2. The van der Waals surface area contributed by atoms with Gasteiger partial charge in [-0.05, 0) is 29.3 Å². The van der Waals surface area contributed by atoms with E-state index in [4.69, 9.17) is 9.57 Å². The van der Waals surface area contributed by atoms with E-state index in [9.17, 15) is 8.78 Å². The van der Waals surface area contributed by atoms with E-state index in [2.05, 4.69) is 0 Å². The van der Waals surface area contributed by atoms with Crippen molar-refractivity contribution in [3.63, 3.8) is 0 Å². The quantitative estimate of drug-likeness (QED) is 0.619. The van der Waals surface area contributed by atoms with Crippen molar-refractivity contribution in [1.82, 2.24) is 5.06 Å². The molecule has 4 nitrogen and oxygen atoms in total. The highest BCUT2D eigenvalue weighted by Crippen LogP contribution is 2.36. The Morgan fingerprint density at radius 1 is 0.929 bits per heavy atom. The van der Waals surface area contributed by atoms with E-state index in [1.54, 1.807) is 12.2 Å². The lowest BCUT2D eigenvalue weighted by atomic mass is 10.1. The Morgan fingerprint density at radius 2 is 1.71 bits per heavy atom. The maximum atomic E-state index is 13.9. The fraction of sp³-hybridized carbons (Fsp3) is 0.182. The number of anilines is 2. The molecule has 0 aromatic heterocycles. The lowest BCUT2D eigenvalue weighted by Crippen LogP contribution is -2.39. The van der Waals surface area contributed by atoms with Crippen LogP contribution in [0.3, 0.4) is 0 Å². The number of hydrogen-bond donors (Lipinski definition) is 0. The van der Waals surface area contributed by atoms with E-state index in [0.29, 0.717) is 36.8 Å². The smallest absolute Gasteiger partial charge is 0.160 e. The van der Waals surface area contributed by atoms with Gasteiger partial charge in [-0.15, -0.1) is 0 Å². The molecule has 0 radical (unpaired) electrons. The van der Waals surface area contributed by atoms with Gasteiger partial charge in [0.05, 0.1) is 32.6 Å². The van der Waals surface area contributed by atoms with Gasteiger partial charge in [-0.2, -0.15) is 5.06 Å². The number of ether oxygens (including phenoxy) is 1. The summed E-state index contributed by atoms with van der Waals surface area (Å²) in [5.41, 5.74) is 3.11. The fourth-order valence-corrected chi connectivity index (χ4v) is 3.25. The third kappa shape index (κ3) is 3.83. The summed E-state index contributed by atoms with van der Waals surface area (Å²) in [6, 6.07) is 19.7. The van der Waals surface area contributed by atoms with Gasteiger partial charge in [0, 0.05) is 17.8 Å². The molecule has 1 heterocycles. The standard InChI is InChI=1S/C22H20F2N2O2/c1-27-19-9-5-8-18(11-19)26-15-25(28-14-16-6-3-2-4-7-16)13-17-10-20(23)21(24)12-22(17)26/h2-12H,13-15H2,1H3. The van der Waals surface area contributed by atoms with Crippen LogP contribution < -0.4 is 9.64 Å². The topological polar surface area (TPSA) is 24.9 Å². The van der Waals surface area contributed by atoms with Crippen LogP contribution in [0.2, 0.25) is 0 Å². The number of fused-ring (bicyclic) bond motifs is 1. The molecule has 3 aromatic rings. The zero-order valence-corrected chi connectivity index (χ0v) is 15.4. The predicted octanol–water partition coefficient (Wildman–Crippen LogP) is 5.02. The molecular weight excluding hydrogens is 362 g/mol. The number of rotatable bonds is 5. The Bertz CT molecular complexity index is 966. The molecule has 0 amide bonds. The highest BCUT2D eigenvalue weighted by molar-refractivity contribution is 5.68. The lowest BCUT2D eigenvalue weighted by Gasteiger charge is -2.37. The SMILES string of the molecule is COc1cccc(N2CN(OCc3ccccc3)Cc3cc(F)c(F)cc32)c1. The monoisotopic (exact) mass is 382 g/mol. The second-order valence-corrected chi connectivity index (χ2v) is 6.56. The van der Waals surface area contributed by atoms with Gasteiger partial charge in [0.25, 0.3) is 0 Å². The van der Waals surface area contributed by atoms with E-state index in [1.807, 2.05) is 59.5 Å². The Balaban J connectivity index is 1.64. The molecule has 0 aliphatic carbocycles. The van der Waals surface area contributed by atoms with Crippen LogP contribution in [0.5, 0.6) is 5.75 Å². The van der Waals surface area contributed by atoms with Gasteiger partial charge < -0.3 is 9.64 Å². The summed E-state index contributed by atoms with van der Waals surface area (Å²) in [6.45, 7) is 1.13. The normalized spacial score (nSPS) is 14.0. The van der Waals surface area contributed by atoms with Crippen LogP contribution >= 0.6 is 0 Å². The minimum atomic E-state index is -0.870. The number of halogens is 2. The minimum Gasteiger partial charge on any atom is -0.497 e. The first-order valence-electron chi connectivity index (χ1n) is 8.95. The van der Waals surface area contributed by atoms with Crippen LogP contribution in [0.15, 0.2) is 66.7 Å². The van der Waals surface area contributed by atoms with Crippen LogP contribution in [0.1, 0.15) is 11.1 Å². The van der Waals surface area contributed by atoms with Crippen molar-refractivity contribution in [1.29, 1.82) is 0 Å². The number of hydrogen-bond acceptors (Lipinski definition) is 4. The van der Waals surface area contributed by atoms with E-state index in [1.165, 1.54) is 12.1 Å². The molecule has 0 saturated carbocycles. The molecule has 1 aliphatic heterocycles. The van der Waals surface area contributed by atoms with E-state index < -0.39 is 11.6 Å². The third-order valence-corrected chi connectivity index (χ3v) is 4.68. The van der Waals surface area contributed by atoms with Gasteiger partial charge >= 0.3 is 0 Å². The van der Waals surface area contributed by atoms with Crippen molar-refractivity contribution < 1.29 is 18.4 Å². The first-order valence-corrected chi connectivity index (χ1v) is 8.95. The fourth-order valence-electron chi connectivity index (χ4n) is 3.25. The van der Waals surface area contributed by atoms with Gasteiger partial charge in [0.2, 0.25) is 0 Å². The van der Waals surface area contributed by atoms with Gasteiger partial charge in [-0.25, -0.2) is 8.78 Å². The maximum absolute atomic E-state index is 13.9. The first kappa shape index (κ1) is 18.4. The molecule has 4 rings (SSSR count). The molecule has 0 unspecified atom stereocenters. The summed E-state index contributed by atoms with van der Waals surface area (Å²) >= 11 is 0. The Kier molecular flexibility index (Phi) is 5.23. The van der Waals surface area contributed by atoms with E-state index in [0.717, 1.165) is 11.3 Å². The van der Waals surface area contributed by atoms with Crippen LogP contribution in [0, 0.1) is 11.6 Å². The molecule has 0 bridgehead atoms. The highest BCUT2D eigenvalue weighted by Gasteiger charge is 2.26. The first-order chi connectivity index (χ1) is 13.6. The van der Waals surface area contributed by atoms with E-state index >= 15 is 0 Å². The molecule has 3 aromatic carbocycles. The van der Waals surface area contributed by atoms with Crippen molar-refractivity contribution in [3.8, 4) is 5.75 Å². The largest absolute Gasteiger partial charge is 0.497 e. The second kappa shape index (κ2) is 7.96. The molecule has 0 fully saturated rings. The summed E-state index contributed by atoms with van der Waals surface area (Å²) in [6.07, 6.45) is 0. The number of methoxy groups -OCH3 is 1. The van der Waals surface area contributed by atoms with Crippen molar-refractivity contribution in [2.24, 2.45) is 0 Å². The molecule has 0 N–H and O–H groups in total. The summed E-state index contributed by atoms with van der Waals surface area (Å²) in [5.74, 6) is -1.05. The molecule has 0 spiro atoms. The van der Waals surface area contributed by atoms with Gasteiger partial charge in [-0.1, -0.05) is 36.4 Å². The third-order valence-electron chi connectivity index (χ3n) is 4.68. The molecule has 0 atom stereocenters. The predicted molar refractivity (Wildman–Crippen MR) is 103 cm³/mol. The molecular formula is C22H20F2N2O2. The maximum Gasteiger partial charge on any atom is 0.160 e. The van der Waals surface area contributed by atoms with Gasteiger partial charge in [-0.3, -0.25) is 4.84 Å². The highest BCUT2D eigenvalue weighted by atomic mass is 19.2. The molecule has 0 saturated heterocycles. The van der Waals surface area contributed by atoms with Crippen molar-refractivity contribution >= 4 is 11.4 Å². The Hall–Kier alpha value is -2.96. The number of benzene rings is 3. The van der Waals surface area contributed by atoms with E-state index in [-0.39, 0.29) is 0 Å². The average Bonchev–Trinajstić information content (AvgIpc) is 2.73. The van der Waals surface area contributed by atoms with Crippen LogP contribution in [-0.2, 0) is 18.0 Å². The lowest BCUT2D eigenvalue weighted by molar-refractivity contribution is -0.178. The summed E-state index contributed by atoms with van der Waals surface area (Å²) in [5, 5.41) is 1.74. The summed E-state index contributed by atoms with van der Waals surface area (Å²) in [4.78, 5) is 7.83. The van der Waals surface area contributed by atoms with Gasteiger partial charge in [0.15, 0.2) is 11.6 Å². The van der Waals surface area contributed by atoms with Crippen LogP contribution in [0.4, 0.5) is 20.2 Å². The minimum absolute atomic E-state index is 0.361. The van der Waals surface area contributed by atoms with Crippen molar-refractivity contribution in [2.45, 2.75) is 13.2 Å². The van der Waals surface area contributed by atoms with Crippen LogP contribution in [0.25, 0.3) is 0 Å². The second-order valence-electron chi connectivity index (χ2n) is 6.56. The molecule has 144 valence electrons. The number of hydroxylamine groups is 2. The summed E-state index contributed by atoms with van der Waals surface area (Å²) in [7, 11) is 1.59. The summed E-state index contributed by atoms with van der Waals surface area (Å²) < 4.78 is 33.1. The zero-order valence-electron chi connectivity index (χ0n) is 15.4. The Labute approximate surface area is 162 Å². The van der Waals surface area contributed by atoms with Crippen LogP contribution in [-0.4, -0.2) is 18.8 Å².